The first-order chi connectivity index (χ1) is 7.29. The maximum Gasteiger partial charge on any atom is 0.120 e. The number of ether oxygens (including phenoxy) is 1. The van der Waals surface area contributed by atoms with Crippen molar-refractivity contribution in [1.29, 1.82) is 5.26 Å². The van der Waals surface area contributed by atoms with Crippen molar-refractivity contribution in [2.45, 2.75) is 19.8 Å². The van der Waals surface area contributed by atoms with Crippen molar-refractivity contribution in [3.63, 3.8) is 0 Å². The normalized spacial score (nSPS) is 24.0. The van der Waals surface area contributed by atoms with Crippen molar-refractivity contribution in [2.24, 2.45) is 11.8 Å². The standard InChI is InChI=1S/C13H15NO/c1-10-5-6-12(10)9-15-13-4-2-3-11(7-13)8-14/h2-4,7,10,12H,5-6,9H2,1H3/t10-,12+/m1/s1. The second-order valence-electron chi connectivity index (χ2n) is 4.27. The first kappa shape index (κ1) is 10.0. The summed E-state index contributed by atoms with van der Waals surface area (Å²) >= 11 is 0. The van der Waals surface area contributed by atoms with E-state index in [0.717, 1.165) is 18.3 Å². The van der Waals surface area contributed by atoms with Gasteiger partial charge in [0.05, 0.1) is 18.2 Å². The zero-order valence-electron chi connectivity index (χ0n) is 8.94. The Bertz CT molecular complexity index is 380. The van der Waals surface area contributed by atoms with Gasteiger partial charge >= 0.3 is 0 Å². The summed E-state index contributed by atoms with van der Waals surface area (Å²) in [6.45, 7) is 3.05. The summed E-state index contributed by atoms with van der Waals surface area (Å²) in [6.07, 6.45) is 2.60. The molecule has 15 heavy (non-hydrogen) atoms. The van der Waals surface area contributed by atoms with Crippen LogP contribution in [-0.4, -0.2) is 6.61 Å². The molecule has 1 aliphatic rings. The van der Waals surface area contributed by atoms with Gasteiger partial charge in [-0.15, -0.1) is 0 Å². The van der Waals surface area contributed by atoms with Crippen molar-refractivity contribution >= 4 is 0 Å². The van der Waals surface area contributed by atoms with Gasteiger partial charge in [0.15, 0.2) is 0 Å². The highest BCUT2D eigenvalue weighted by Crippen LogP contribution is 2.33. The summed E-state index contributed by atoms with van der Waals surface area (Å²) in [5.41, 5.74) is 0.661. The second kappa shape index (κ2) is 4.35. The molecule has 0 radical (unpaired) electrons. The number of hydrogen-bond donors (Lipinski definition) is 0. The van der Waals surface area contributed by atoms with E-state index >= 15 is 0 Å². The largest absolute Gasteiger partial charge is 0.493 e. The molecule has 1 fully saturated rings. The van der Waals surface area contributed by atoms with Crippen LogP contribution < -0.4 is 4.74 Å². The average molecular weight is 201 g/mol. The smallest absolute Gasteiger partial charge is 0.120 e. The van der Waals surface area contributed by atoms with Crippen molar-refractivity contribution < 1.29 is 4.74 Å². The fraction of sp³-hybridized carbons (Fsp3) is 0.462. The third-order valence-corrected chi connectivity index (χ3v) is 3.22. The molecule has 0 aliphatic heterocycles. The number of nitriles is 1. The molecule has 0 amide bonds. The molecule has 2 nitrogen and oxygen atoms in total. The molecule has 1 aromatic carbocycles. The molecule has 1 aliphatic carbocycles. The molecule has 0 spiro atoms. The minimum absolute atomic E-state index is 0.661. The second-order valence-corrected chi connectivity index (χ2v) is 4.27. The molecule has 1 saturated carbocycles. The zero-order valence-corrected chi connectivity index (χ0v) is 8.94. The molecular formula is C13H15NO. The fourth-order valence-corrected chi connectivity index (χ4v) is 1.84. The Kier molecular flexibility index (Phi) is 2.91. The van der Waals surface area contributed by atoms with Crippen LogP contribution in [0.15, 0.2) is 24.3 Å². The number of hydrogen-bond acceptors (Lipinski definition) is 2. The summed E-state index contributed by atoms with van der Waals surface area (Å²) in [5, 5.41) is 8.73. The van der Waals surface area contributed by atoms with Gasteiger partial charge in [-0.2, -0.15) is 5.26 Å². The van der Waals surface area contributed by atoms with Gasteiger partial charge < -0.3 is 4.74 Å². The van der Waals surface area contributed by atoms with Gasteiger partial charge in [0.1, 0.15) is 5.75 Å². The van der Waals surface area contributed by atoms with E-state index in [-0.39, 0.29) is 0 Å². The van der Waals surface area contributed by atoms with Crippen LogP contribution in [0.2, 0.25) is 0 Å². The van der Waals surface area contributed by atoms with Gasteiger partial charge in [0.25, 0.3) is 0 Å². The van der Waals surface area contributed by atoms with Crippen LogP contribution in [0.5, 0.6) is 5.75 Å². The third-order valence-electron chi connectivity index (χ3n) is 3.22. The predicted octanol–water partition coefficient (Wildman–Crippen LogP) is 2.98. The van der Waals surface area contributed by atoms with Crippen LogP contribution in [0.3, 0.4) is 0 Å². The molecule has 2 heteroatoms. The molecule has 0 unspecified atom stereocenters. The van der Waals surface area contributed by atoms with Gasteiger partial charge in [-0.05, 0) is 42.9 Å². The maximum atomic E-state index is 8.73. The monoisotopic (exact) mass is 201 g/mol. The van der Waals surface area contributed by atoms with Crippen molar-refractivity contribution in [3.8, 4) is 11.8 Å². The van der Waals surface area contributed by atoms with E-state index in [9.17, 15) is 0 Å². The van der Waals surface area contributed by atoms with Crippen molar-refractivity contribution in [3.05, 3.63) is 29.8 Å². The summed E-state index contributed by atoms with van der Waals surface area (Å²) in [6, 6.07) is 9.46. The molecule has 2 rings (SSSR count). The summed E-state index contributed by atoms with van der Waals surface area (Å²) in [7, 11) is 0. The number of benzene rings is 1. The minimum atomic E-state index is 0.661. The Hall–Kier alpha value is -1.49. The molecule has 0 heterocycles. The highest BCUT2D eigenvalue weighted by atomic mass is 16.5. The van der Waals surface area contributed by atoms with Crippen LogP contribution in [-0.2, 0) is 0 Å². The van der Waals surface area contributed by atoms with E-state index in [1.165, 1.54) is 12.8 Å². The topological polar surface area (TPSA) is 33.0 Å². The molecule has 0 bridgehead atoms. The Morgan fingerprint density at radius 1 is 1.47 bits per heavy atom. The van der Waals surface area contributed by atoms with Gasteiger partial charge in [0, 0.05) is 0 Å². The van der Waals surface area contributed by atoms with E-state index in [1.807, 2.05) is 12.1 Å². The lowest BCUT2D eigenvalue weighted by Gasteiger charge is -2.33. The molecule has 78 valence electrons. The quantitative estimate of drug-likeness (QED) is 0.753. The Morgan fingerprint density at radius 2 is 2.33 bits per heavy atom. The van der Waals surface area contributed by atoms with Crippen LogP contribution in [0.4, 0.5) is 0 Å². The summed E-state index contributed by atoms with van der Waals surface area (Å²) in [4.78, 5) is 0. The molecule has 0 N–H and O–H groups in total. The lowest BCUT2D eigenvalue weighted by molar-refractivity contribution is 0.116. The van der Waals surface area contributed by atoms with Gasteiger partial charge in [-0.1, -0.05) is 13.0 Å². The number of nitrogens with zero attached hydrogens (tertiary/aromatic N) is 1. The van der Waals surface area contributed by atoms with E-state index in [4.69, 9.17) is 10.00 Å². The summed E-state index contributed by atoms with van der Waals surface area (Å²) in [5.74, 6) is 2.31. The average Bonchev–Trinajstić information content (AvgIpc) is 2.27. The van der Waals surface area contributed by atoms with Crippen LogP contribution in [0.1, 0.15) is 25.3 Å². The zero-order chi connectivity index (χ0) is 10.7. The van der Waals surface area contributed by atoms with Gasteiger partial charge in [-0.25, -0.2) is 0 Å². The SMILES string of the molecule is C[C@@H]1CC[C@H]1COc1cccc(C#N)c1. The van der Waals surface area contributed by atoms with Crippen molar-refractivity contribution in [2.75, 3.05) is 6.61 Å². The maximum absolute atomic E-state index is 8.73. The lowest BCUT2D eigenvalue weighted by Crippen LogP contribution is -2.28. The van der Waals surface area contributed by atoms with Crippen LogP contribution >= 0.6 is 0 Å². The Labute approximate surface area is 90.5 Å². The lowest BCUT2D eigenvalue weighted by atomic mass is 9.75. The van der Waals surface area contributed by atoms with E-state index in [2.05, 4.69) is 13.0 Å². The van der Waals surface area contributed by atoms with Crippen molar-refractivity contribution in [1.82, 2.24) is 0 Å². The first-order valence-corrected chi connectivity index (χ1v) is 5.42. The summed E-state index contributed by atoms with van der Waals surface area (Å²) < 4.78 is 5.67. The molecule has 1 aromatic rings. The van der Waals surface area contributed by atoms with E-state index < -0.39 is 0 Å². The number of rotatable bonds is 3. The molecule has 0 saturated heterocycles. The Balaban J connectivity index is 1.90. The highest BCUT2D eigenvalue weighted by Gasteiger charge is 2.26. The van der Waals surface area contributed by atoms with Crippen LogP contribution in [0, 0.1) is 23.2 Å². The molecule has 2 atom stereocenters. The third kappa shape index (κ3) is 2.30. The fourth-order valence-electron chi connectivity index (χ4n) is 1.84. The van der Waals surface area contributed by atoms with Gasteiger partial charge in [0.2, 0.25) is 0 Å². The first-order valence-electron chi connectivity index (χ1n) is 5.42. The van der Waals surface area contributed by atoms with E-state index in [0.29, 0.717) is 11.5 Å². The minimum Gasteiger partial charge on any atom is -0.493 e. The highest BCUT2D eigenvalue weighted by molar-refractivity contribution is 5.36. The predicted molar refractivity (Wildman–Crippen MR) is 58.5 cm³/mol. The molecule has 0 aromatic heterocycles. The van der Waals surface area contributed by atoms with E-state index in [1.54, 1.807) is 12.1 Å². The van der Waals surface area contributed by atoms with Crippen LogP contribution in [0.25, 0.3) is 0 Å². The van der Waals surface area contributed by atoms with Gasteiger partial charge in [-0.3, -0.25) is 0 Å². The Morgan fingerprint density at radius 3 is 2.93 bits per heavy atom. The molecular weight excluding hydrogens is 186 g/mol.